The molecule has 1 saturated heterocycles. The standard InChI is InChI=1S/C23H26N6O/c1-16-8-9-24-20(14-16)27-21-15-22(26-18(3)25-21)28-10-12-29(13-11-28)23(30)19-7-5-4-6-17(19)2/h4-9,14-15H,10-13H2,1-3H3,(H,24,25,26,27). The van der Waals surface area contributed by atoms with Crippen LogP contribution in [0.5, 0.6) is 0 Å². The first-order valence-electron chi connectivity index (χ1n) is 10.1. The maximum Gasteiger partial charge on any atom is 0.254 e. The summed E-state index contributed by atoms with van der Waals surface area (Å²) >= 11 is 0. The minimum atomic E-state index is 0.0968. The van der Waals surface area contributed by atoms with Gasteiger partial charge in [-0.2, -0.15) is 0 Å². The van der Waals surface area contributed by atoms with Crippen LogP contribution in [0.15, 0.2) is 48.7 Å². The monoisotopic (exact) mass is 402 g/mol. The third kappa shape index (κ3) is 4.40. The van der Waals surface area contributed by atoms with E-state index >= 15 is 0 Å². The first-order chi connectivity index (χ1) is 14.5. The lowest BCUT2D eigenvalue weighted by atomic mass is 10.1. The predicted octanol–water partition coefficient (Wildman–Crippen LogP) is 3.50. The fraction of sp³-hybridized carbons (Fsp3) is 0.304. The molecule has 3 heterocycles. The second-order valence-electron chi connectivity index (χ2n) is 7.60. The van der Waals surface area contributed by atoms with Crippen molar-refractivity contribution in [1.29, 1.82) is 0 Å². The van der Waals surface area contributed by atoms with Crippen molar-refractivity contribution in [1.82, 2.24) is 19.9 Å². The molecule has 1 aliphatic heterocycles. The molecule has 0 radical (unpaired) electrons. The Morgan fingerprint density at radius 1 is 0.933 bits per heavy atom. The molecule has 2 aromatic heterocycles. The van der Waals surface area contributed by atoms with E-state index in [9.17, 15) is 4.79 Å². The first-order valence-corrected chi connectivity index (χ1v) is 10.1. The molecule has 3 aromatic rings. The van der Waals surface area contributed by atoms with Gasteiger partial charge >= 0.3 is 0 Å². The molecule has 0 atom stereocenters. The van der Waals surface area contributed by atoms with E-state index < -0.39 is 0 Å². The average molecular weight is 403 g/mol. The van der Waals surface area contributed by atoms with Gasteiger partial charge in [0, 0.05) is 44.0 Å². The normalized spacial score (nSPS) is 14.0. The number of nitrogens with one attached hydrogen (secondary N) is 1. The fourth-order valence-corrected chi connectivity index (χ4v) is 3.64. The van der Waals surface area contributed by atoms with Gasteiger partial charge in [-0.3, -0.25) is 4.79 Å². The fourth-order valence-electron chi connectivity index (χ4n) is 3.64. The molecule has 7 heteroatoms. The molecule has 0 saturated carbocycles. The van der Waals surface area contributed by atoms with Crippen LogP contribution in [-0.4, -0.2) is 51.9 Å². The molecule has 1 N–H and O–H groups in total. The number of hydrogen-bond donors (Lipinski definition) is 1. The molecule has 0 spiro atoms. The van der Waals surface area contributed by atoms with Gasteiger partial charge in [-0.05, 0) is 50.1 Å². The number of nitrogens with zero attached hydrogens (tertiary/aromatic N) is 5. The lowest BCUT2D eigenvalue weighted by molar-refractivity contribution is 0.0745. The molecular formula is C23H26N6O. The van der Waals surface area contributed by atoms with Crippen molar-refractivity contribution < 1.29 is 4.79 Å². The number of hydrogen-bond acceptors (Lipinski definition) is 6. The largest absolute Gasteiger partial charge is 0.353 e. The van der Waals surface area contributed by atoms with E-state index in [1.807, 2.05) is 68.1 Å². The Bertz CT molecular complexity index is 1060. The highest BCUT2D eigenvalue weighted by Gasteiger charge is 2.24. The summed E-state index contributed by atoms with van der Waals surface area (Å²) in [5.41, 5.74) is 2.92. The Morgan fingerprint density at radius 3 is 2.43 bits per heavy atom. The third-order valence-electron chi connectivity index (χ3n) is 5.26. The average Bonchev–Trinajstić information content (AvgIpc) is 2.73. The molecule has 1 amide bonds. The number of anilines is 3. The van der Waals surface area contributed by atoms with Crippen LogP contribution in [-0.2, 0) is 0 Å². The van der Waals surface area contributed by atoms with Gasteiger partial charge in [0.2, 0.25) is 0 Å². The second-order valence-corrected chi connectivity index (χ2v) is 7.60. The van der Waals surface area contributed by atoms with Gasteiger partial charge in [-0.1, -0.05) is 18.2 Å². The zero-order chi connectivity index (χ0) is 21.1. The van der Waals surface area contributed by atoms with E-state index in [4.69, 9.17) is 0 Å². The summed E-state index contributed by atoms with van der Waals surface area (Å²) in [5, 5.41) is 3.27. The van der Waals surface area contributed by atoms with Crippen molar-refractivity contribution in [3.63, 3.8) is 0 Å². The smallest absolute Gasteiger partial charge is 0.254 e. The molecule has 4 rings (SSSR count). The van der Waals surface area contributed by atoms with E-state index in [2.05, 4.69) is 25.2 Å². The molecule has 30 heavy (non-hydrogen) atoms. The summed E-state index contributed by atoms with van der Waals surface area (Å²) in [6, 6.07) is 13.6. The molecule has 1 aromatic carbocycles. The lowest BCUT2D eigenvalue weighted by Crippen LogP contribution is -2.49. The quantitative estimate of drug-likeness (QED) is 0.720. The molecule has 154 valence electrons. The molecule has 0 bridgehead atoms. The zero-order valence-electron chi connectivity index (χ0n) is 17.6. The Hall–Kier alpha value is -3.48. The minimum absolute atomic E-state index is 0.0968. The van der Waals surface area contributed by atoms with E-state index in [0.29, 0.717) is 24.7 Å². The van der Waals surface area contributed by atoms with Crippen molar-refractivity contribution in [3.8, 4) is 0 Å². The highest BCUT2D eigenvalue weighted by molar-refractivity contribution is 5.95. The van der Waals surface area contributed by atoms with E-state index in [1.165, 1.54) is 0 Å². The van der Waals surface area contributed by atoms with E-state index in [1.54, 1.807) is 6.20 Å². The van der Waals surface area contributed by atoms with Crippen molar-refractivity contribution in [3.05, 3.63) is 71.2 Å². The van der Waals surface area contributed by atoms with Crippen LogP contribution in [0.3, 0.4) is 0 Å². The molecular weight excluding hydrogens is 376 g/mol. The minimum Gasteiger partial charge on any atom is -0.353 e. The van der Waals surface area contributed by atoms with Gasteiger partial charge in [-0.25, -0.2) is 15.0 Å². The number of pyridine rings is 1. The van der Waals surface area contributed by atoms with E-state index in [-0.39, 0.29) is 5.91 Å². The summed E-state index contributed by atoms with van der Waals surface area (Å²) in [6.45, 7) is 8.69. The number of aromatic nitrogens is 3. The van der Waals surface area contributed by atoms with Crippen LogP contribution in [0.25, 0.3) is 0 Å². The number of amides is 1. The van der Waals surface area contributed by atoms with Crippen LogP contribution < -0.4 is 10.2 Å². The van der Waals surface area contributed by atoms with Crippen LogP contribution in [0, 0.1) is 20.8 Å². The van der Waals surface area contributed by atoms with Crippen LogP contribution in [0.4, 0.5) is 17.5 Å². The summed E-state index contributed by atoms with van der Waals surface area (Å²) in [7, 11) is 0. The second kappa shape index (κ2) is 8.49. The zero-order valence-corrected chi connectivity index (χ0v) is 17.6. The van der Waals surface area contributed by atoms with Crippen molar-refractivity contribution in [2.75, 3.05) is 36.4 Å². The van der Waals surface area contributed by atoms with E-state index in [0.717, 1.165) is 41.4 Å². The number of carbonyl (C=O) groups excluding carboxylic acids is 1. The maximum atomic E-state index is 12.9. The SMILES string of the molecule is Cc1ccnc(Nc2cc(N3CCN(C(=O)c4ccccc4C)CC3)nc(C)n2)c1. The molecule has 1 aliphatic rings. The Balaban J connectivity index is 1.45. The molecule has 7 nitrogen and oxygen atoms in total. The van der Waals surface area contributed by atoms with Crippen molar-refractivity contribution >= 4 is 23.4 Å². The summed E-state index contributed by atoms with van der Waals surface area (Å²) < 4.78 is 0. The Labute approximate surface area is 176 Å². The van der Waals surface area contributed by atoms with Gasteiger partial charge in [-0.15, -0.1) is 0 Å². The summed E-state index contributed by atoms with van der Waals surface area (Å²) in [5.74, 6) is 3.13. The third-order valence-corrected chi connectivity index (χ3v) is 5.26. The number of carbonyl (C=O) groups is 1. The number of benzene rings is 1. The van der Waals surface area contributed by atoms with Crippen LogP contribution >= 0.6 is 0 Å². The van der Waals surface area contributed by atoms with Gasteiger partial charge < -0.3 is 15.1 Å². The van der Waals surface area contributed by atoms with Gasteiger partial charge in [0.1, 0.15) is 23.3 Å². The summed E-state index contributed by atoms with van der Waals surface area (Å²) in [6.07, 6.45) is 1.78. The highest BCUT2D eigenvalue weighted by Crippen LogP contribution is 2.21. The van der Waals surface area contributed by atoms with Gasteiger partial charge in [0.25, 0.3) is 5.91 Å². The Morgan fingerprint density at radius 2 is 1.70 bits per heavy atom. The first kappa shape index (κ1) is 19.8. The number of aryl methyl sites for hydroxylation is 3. The molecule has 1 fully saturated rings. The maximum absolute atomic E-state index is 12.9. The predicted molar refractivity (Wildman–Crippen MR) is 118 cm³/mol. The summed E-state index contributed by atoms with van der Waals surface area (Å²) in [4.78, 5) is 30.4. The number of rotatable bonds is 4. The van der Waals surface area contributed by atoms with Crippen molar-refractivity contribution in [2.24, 2.45) is 0 Å². The Kier molecular flexibility index (Phi) is 5.61. The van der Waals surface area contributed by atoms with Gasteiger partial charge in [0.05, 0.1) is 0 Å². The van der Waals surface area contributed by atoms with Crippen LogP contribution in [0.2, 0.25) is 0 Å². The van der Waals surface area contributed by atoms with Crippen LogP contribution in [0.1, 0.15) is 27.3 Å². The topological polar surface area (TPSA) is 74.2 Å². The lowest BCUT2D eigenvalue weighted by Gasteiger charge is -2.35. The highest BCUT2D eigenvalue weighted by atomic mass is 16.2. The number of piperazine rings is 1. The molecule has 0 aliphatic carbocycles. The molecule has 0 unspecified atom stereocenters. The van der Waals surface area contributed by atoms with Gasteiger partial charge in [0.15, 0.2) is 0 Å². The van der Waals surface area contributed by atoms with Crippen molar-refractivity contribution in [2.45, 2.75) is 20.8 Å².